The van der Waals surface area contributed by atoms with Gasteiger partial charge in [0.2, 0.25) is 0 Å². The van der Waals surface area contributed by atoms with Crippen molar-refractivity contribution in [2.24, 2.45) is 7.05 Å². The third-order valence-corrected chi connectivity index (χ3v) is 5.58. The van der Waals surface area contributed by atoms with E-state index in [4.69, 9.17) is 14.2 Å². The number of aromatic nitrogens is 5. The van der Waals surface area contributed by atoms with E-state index in [0.717, 1.165) is 22.5 Å². The number of hydrogen-bond donors (Lipinski definition) is 0. The average molecular weight is 427 g/mol. The molecule has 8 nitrogen and oxygen atoms in total. The van der Waals surface area contributed by atoms with Gasteiger partial charge in [-0.25, -0.2) is 4.98 Å². The Bertz CT molecular complexity index is 1270. The van der Waals surface area contributed by atoms with E-state index >= 15 is 0 Å². The molecule has 1 fully saturated rings. The van der Waals surface area contributed by atoms with Crippen LogP contribution in [0.15, 0.2) is 61.3 Å². The summed E-state index contributed by atoms with van der Waals surface area (Å²) in [5, 5.41) is 4.19. The highest BCUT2D eigenvalue weighted by atomic mass is 16.6. The highest BCUT2D eigenvalue weighted by Crippen LogP contribution is 2.40. The Balaban J connectivity index is 1.17. The summed E-state index contributed by atoms with van der Waals surface area (Å²) < 4.78 is 19.7. The zero-order valence-electron chi connectivity index (χ0n) is 17.5. The van der Waals surface area contributed by atoms with E-state index in [-0.39, 0.29) is 6.10 Å². The van der Waals surface area contributed by atoms with Gasteiger partial charge >= 0.3 is 0 Å². The van der Waals surface area contributed by atoms with Gasteiger partial charge in [-0.15, -0.1) is 0 Å². The van der Waals surface area contributed by atoms with Crippen molar-refractivity contribution in [3.05, 3.63) is 72.6 Å². The number of pyridine rings is 3. The second-order valence-electron chi connectivity index (χ2n) is 8.06. The molecule has 2 aliphatic rings. The topological polar surface area (TPSA) is 84.2 Å². The lowest BCUT2D eigenvalue weighted by Gasteiger charge is -2.26. The molecule has 1 atom stereocenters. The molecule has 4 aromatic heterocycles. The van der Waals surface area contributed by atoms with Crippen LogP contribution in [-0.4, -0.2) is 31.3 Å². The second kappa shape index (κ2) is 7.64. The van der Waals surface area contributed by atoms with Gasteiger partial charge in [0.05, 0.1) is 18.1 Å². The summed E-state index contributed by atoms with van der Waals surface area (Å²) in [5.74, 6) is 2.85. The predicted octanol–water partition coefficient (Wildman–Crippen LogP) is 4.45. The quantitative estimate of drug-likeness (QED) is 0.465. The van der Waals surface area contributed by atoms with Gasteiger partial charge in [-0.3, -0.25) is 14.6 Å². The summed E-state index contributed by atoms with van der Waals surface area (Å²) in [6.45, 7) is 0.392. The van der Waals surface area contributed by atoms with Crippen molar-refractivity contribution in [3.63, 3.8) is 0 Å². The first-order chi connectivity index (χ1) is 15.7. The molecule has 5 heterocycles. The van der Waals surface area contributed by atoms with Gasteiger partial charge in [-0.1, -0.05) is 6.07 Å². The van der Waals surface area contributed by atoms with E-state index in [1.165, 1.54) is 12.8 Å². The van der Waals surface area contributed by atoms with Crippen molar-refractivity contribution in [1.82, 2.24) is 24.7 Å². The van der Waals surface area contributed by atoms with Gasteiger partial charge < -0.3 is 14.2 Å². The maximum absolute atomic E-state index is 6.07. The number of nitrogens with zero attached hydrogens (tertiary/aromatic N) is 5. The Hall–Kier alpha value is -3.94. The largest absolute Gasteiger partial charge is 0.484 e. The highest BCUT2D eigenvalue weighted by Gasteiger charge is 2.27. The van der Waals surface area contributed by atoms with E-state index in [2.05, 4.69) is 32.2 Å². The van der Waals surface area contributed by atoms with Gasteiger partial charge in [0.15, 0.2) is 11.9 Å². The monoisotopic (exact) mass is 427 g/mol. The zero-order chi connectivity index (χ0) is 21.5. The molecule has 4 aromatic rings. The van der Waals surface area contributed by atoms with Crippen molar-refractivity contribution >= 4 is 0 Å². The Morgan fingerprint density at radius 3 is 2.72 bits per heavy atom. The SMILES string of the molecule is Cn1cc(-c2cc(Oc3cnc4c(c3)OC[C@H](c3ccc(C5CC5)nc3)O4)ccn2)cn1. The van der Waals surface area contributed by atoms with E-state index in [1.807, 2.05) is 25.5 Å². The van der Waals surface area contributed by atoms with Crippen LogP contribution in [-0.2, 0) is 7.05 Å². The maximum Gasteiger partial charge on any atom is 0.258 e. The summed E-state index contributed by atoms with van der Waals surface area (Å²) in [7, 11) is 1.87. The van der Waals surface area contributed by atoms with Gasteiger partial charge in [-0.2, -0.15) is 5.10 Å². The highest BCUT2D eigenvalue weighted by molar-refractivity contribution is 5.59. The molecule has 1 aliphatic carbocycles. The van der Waals surface area contributed by atoms with Gasteiger partial charge in [0.1, 0.15) is 18.1 Å². The Morgan fingerprint density at radius 2 is 1.94 bits per heavy atom. The molecule has 0 radical (unpaired) electrons. The minimum absolute atomic E-state index is 0.232. The standard InChI is InChI=1S/C24H21N5O3/c1-29-13-17(11-28-29)21-8-18(6-7-25-21)31-19-9-22-24(27-12-19)32-23(14-30-22)16-4-5-20(26-10-16)15-2-3-15/h4-13,15,23H,2-3,14H2,1H3/t23-/m1/s1. The van der Waals surface area contributed by atoms with Crippen molar-refractivity contribution in [3.8, 4) is 34.4 Å². The number of fused-ring (bicyclic) bond motifs is 1. The third kappa shape index (κ3) is 3.75. The molecule has 0 spiro atoms. The molecule has 8 heteroatoms. The molecule has 0 amide bonds. The molecular formula is C24H21N5O3. The fourth-order valence-corrected chi connectivity index (χ4v) is 3.71. The van der Waals surface area contributed by atoms with Crippen LogP contribution in [0.5, 0.6) is 23.1 Å². The first kappa shape index (κ1) is 18.8. The Morgan fingerprint density at radius 1 is 1.00 bits per heavy atom. The van der Waals surface area contributed by atoms with Crippen LogP contribution in [0.25, 0.3) is 11.3 Å². The molecule has 32 heavy (non-hydrogen) atoms. The molecule has 0 aromatic carbocycles. The normalized spacial score (nSPS) is 17.2. The van der Waals surface area contributed by atoms with Gasteiger partial charge in [0, 0.05) is 60.5 Å². The predicted molar refractivity (Wildman–Crippen MR) is 116 cm³/mol. The summed E-state index contributed by atoms with van der Waals surface area (Å²) in [6.07, 6.45) is 11.1. The molecule has 6 rings (SSSR count). The summed E-state index contributed by atoms with van der Waals surface area (Å²) in [4.78, 5) is 13.4. The molecule has 1 aliphatic heterocycles. The van der Waals surface area contributed by atoms with Gasteiger partial charge in [-0.05, 0) is 25.0 Å². The van der Waals surface area contributed by atoms with Crippen molar-refractivity contribution in [1.29, 1.82) is 0 Å². The van der Waals surface area contributed by atoms with Crippen molar-refractivity contribution in [2.45, 2.75) is 24.9 Å². The first-order valence-electron chi connectivity index (χ1n) is 10.6. The molecule has 0 bridgehead atoms. The molecule has 0 saturated heterocycles. The first-order valence-corrected chi connectivity index (χ1v) is 10.6. The zero-order valence-corrected chi connectivity index (χ0v) is 17.5. The van der Waals surface area contributed by atoms with E-state index < -0.39 is 0 Å². The molecule has 0 N–H and O–H groups in total. The van der Waals surface area contributed by atoms with E-state index in [0.29, 0.717) is 35.7 Å². The molecule has 1 saturated carbocycles. The molecule has 160 valence electrons. The number of hydrogen-bond acceptors (Lipinski definition) is 7. The lowest BCUT2D eigenvalue weighted by Crippen LogP contribution is -2.22. The van der Waals surface area contributed by atoms with Crippen LogP contribution in [0, 0.1) is 0 Å². The van der Waals surface area contributed by atoms with E-state index in [9.17, 15) is 0 Å². The minimum Gasteiger partial charge on any atom is -0.484 e. The van der Waals surface area contributed by atoms with Crippen LogP contribution in [0.1, 0.15) is 36.1 Å². The van der Waals surface area contributed by atoms with Crippen LogP contribution in [0.2, 0.25) is 0 Å². The summed E-state index contributed by atoms with van der Waals surface area (Å²) >= 11 is 0. The van der Waals surface area contributed by atoms with Crippen LogP contribution in [0.4, 0.5) is 0 Å². The van der Waals surface area contributed by atoms with Crippen LogP contribution >= 0.6 is 0 Å². The molecular weight excluding hydrogens is 406 g/mol. The maximum atomic E-state index is 6.07. The summed E-state index contributed by atoms with van der Waals surface area (Å²) in [6, 6.07) is 9.61. The van der Waals surface area contributed by atoms with Crippen molar-refractivity contribution < 1.29 is 14.2 Å². The Kier molecular flexibility index (Phi) is 4.49. The fraction of sp³-hybridized carbons (Fsp3) is 0.250. The average Bonchev–Trinajstić information content (AvgIpc) is 3.59. The number of rotatable bonds is 5. The number of aryl methyl sites for hydroxylation is 1. The van der Waals surface area contributed by atoms with Crippen LogP contribution < -0.4 is 14.2 Å². The number of ether oxygens (including phenoxy) is 3. The third-order valence-electron chi connectivity index (χ3n) is 5.58. The van der Waals surface area contributed by atoms with E-state index in [1.54, 1.807) is 35.4 Å². The lowest BCUT2D eigenvalue weighted by molar-refractivity contribution is 0.0844. The smallest absolute Gasteiger partial charge is 0.258 e. The Labute approximate surface area is 184 Å². The summed E-state index contributed by atoms with van der Waals surface area (Å²) in [5.41, 5.74) is 3.85. The van der Waals surface area contributed by atoms with Crippen molar-refractivity contribution in [2.75, 3.05) is 6.61 Å². The van der Waals surface area contributed by atoms with Gasteiger partial charge in [0.25, 0.3) is 5.88 Å². The lowest BCUT2D eigenvalue weighted by atomic mass is 10.1. The van der Waals surface area contributed by atoms with Crippen LogP contribution in [0.3, 0.4) is 0 Å². The molecule has 0 unspecified atom stereocenters. The minimum atomic E-state index is -0.232. The second-order valence-corrected chi connectivity index (χ2v) is 8.06. The fourth-order valence-electron chi connectivity index (χ4n) is 3.71.